The molecule has 23 heavy (non-hydrogen) atoms. The predicted molar refractivity (Wildman–Crippen MR) is 93.0 cm³/mol. The van der Waals surface area contributed by atoms with E-state index in [0.29, 0.717) is 28.7 Å². The van der Waals surface area contributed by atoms with Crippen LogP contribution >= 0.6 is 11.3 Å². The largest absolute Gasteiger partial charge is 0.457 e. The molecule has 0 atom stereocenters. The summed E-state index contributed by atoms with van der Waals surface area (Å²) in [7, 11) is 2.00. The zero-order chi connectivity index (χ0) is 17.2. The zero-order valence-corrected chi connectivity index (χ0v) is 14.9. The normalized spacial score (nSPS) is 10.6. The third kappa shape index (κ3) is 6.92. The summed E-state index contributed by atoms with van der Waals surface area (Å²) in [6.45, 7) is 9.19. The number of aromatic nitrogens is 1. The fourth-order valence-corrected chi connectivity index (χ4v) is 2.73. The van der Waals surface area contributed by atoms with Crippen molar-refractivity contribution in [3.63, 3.8) is 0 Å². The van der Waals surface area contributed by atoms with Crippen molar-refractivity contribution in [1.29, 1.82) is 0 Å². The van der Waals surface area contributed by atoms with E-state index < -0.39 is 5.97 Å². The molecule has 0 radical (unpaired) electrons. The number of esters is 1. The second-order valence-electron chi connectivity index (χ2n) is 5.28. The van der Waals surface area contributed by atoms with Gasteiger partial charge < -0.3 is 15.0 Å². The molecule has 0 bridgehead atoms. The van der Waals surface area contributed by atoms with Gasteiger partial charge in [-0.05, 0) is 26.9 Å². The van der Waals surface area contributed by atoms with E-state index in [9.17, 15) is 9.59 Å². The minimum Gasteiger partial charge on any atom is -0.457 e. The molecule has 0 spiro atoms. The highest BCUT2D eigenvalue weighted by molar-refractivity contribution is 7.17. The van der Waals surface area contributed by atoms with Crippen LogP contribution in [0, 0.1) is 6.92 Å². The van der Waals surface area contributed by atoms with Crippen LogP contribution < -0.4 is 5.32 Å². The number of thiazole rings is 1. The number of unbranched alkanes of at least 4 members (excludes halogenated alkanes) is 1. The van der Waals surface area contributed by atoms with Gasteiger partial charge in [-0.15, -0.1) is 0 Å². The Morgan fingerprint density at radius 1 is 1.43 bits per heavy atom. The molecule has 0 aliphatic carbocycles. The molecule has 0 fully saturated rings. The van der Waals surface area contributed by atoms with Crippen LogP contribution in [0.5, 0.6) is 0 Å². The Bertz CT molecular complexity index is 543. The van der Waals surface area contributed by atoms with Crippen LogP contribution in [0.3, 0.4) is 0 Å². The summed E-state index contributed by atoms with van der Waals surface area (Å²) >= 11 is 1.13. The van der Waals surface area contributed by atoms with Gasteiger partial charge in [-0.2, -0.15) is 0 Å². The molecule has 1 N–H and O–H groups in total. The SMILES string of the molecule is C=CCOC(=O)c1sc(NC(=O)CCN(C)CCCC)nc1C. The molecule has 1 amide bonds. The quantitative estimate of drug-likeness (QED) is 0.524. The number of carbonyl (C=O) groups excluding carboxylic acids is 2. The van der Waals surface area contributed by atoms with E-state index in [1.807, 2.05) is 7.05 Å². The first-order valence-electron chi connectivity index (χ1n) is 7.71. The number of hydrogen-bond donors (Lipinski definition) is 1. The lowest BCUT2D eigenvalue weighted by Gasteiger charge is -2.15. The monoisotopic (exact) mass is 339 g/mol. The first kappa shape index (κ1) is 19.3. The number of ether oxygens (including phenoxy) is 1. The predicted octanol–water partition coefficient (Wildman–Crippen LogP) is 2.85. The molecule has 0 aliphatic heterocycles. The molecular weight excluding hydrogens is 314 g/mol. The zero-order valence-electron chi connectivity index (χ0n) is 14.1. The van der Waals surface area contributed by atoms with Crippen molar-refractivity contribution in [2.24, 2.45) is 0 Å². The van der Waals surface area contributed by atoms with E-state index >= 15 is 0 Å². The van der Waals surface area contributed by atoms with E-state index in [2.05, 4.69) is 28.7 Å². The average Bonchev–Trinajstić information content (AvgIpc) is 2.88. The topological polar surface area (TPSA) is 71.5 Å². The van der Waals surface area contributed by atoms with Crippen molar-refractivity contribution >= 4 is 28.3 Å². The summed E-state index contributed by atoms with van der Waals surface area (Å²) in [6.07, 6.45) is 4.17. The summed E-state index contributed by atoms with van der Waals surface area (Å²) in [5.41, 5.74) is 0.555. The Morgan fingerprint density at radius 3 is 2.83 bits per heavy atom. The van der Waals surface area contributed by atoms with Gasteiger partial charge in [0.25, 0.3) is 0 Å². The molecule has 1 aromatic heterocycles. The van der Waals surface area contributed by atoms with E-state index in [0.717, 1.165) is 30.7 Å². The van der Waals surface area contributed by atoms with Crippen LogP contribution in [-0.2, 0) is 9.53 Å². The number of nitrogens with one attached hydrogen (secondary N) is 1. The van der Waals surface area contributed by atoms with E-state index in [4.69, 9.17) is 4.74 Å². The number of hydrogen-bond acceptors (Lipinski definition) is 6. The highest BCUT2D eigenvalue weighted by Gasteiger charge is 2.17. The first-order chi connectivity index (χ1) is 11.0. The number of rotatable bonds is 10. The number of amides is 1. The Hall–Kier alpha value is -1.73. The summed E-state index contributed by atoms with van der Waals surface area (Å²) in [5.74, 6) is -0.548. The fourth-order valence-electron chi connectivity index (χ4n) is 1.85. The molecule has 1 rings (SSSR count). The van der Waals surface area contributed by atoms with Crippen LogP contribution in [0.1, 0.15) is 41.6 Å². The standard InChI is InChI=1S/C16H25N3O3S/c1-5-7-9-19(4)10-8-13(20)18-16-17-12(3)14(23-16)15(21)22-11-6-2/h6H,2,5,7-11H2,1,3-4H3,(H,17,18,20). The number of carbonyl (C=O) groups is 2. The van der Waals surface area contributed by atoms with Gasteiger partial charge in [0.1, 0.15) is 11.5 Å². The summed E-state index contributed by atoms with van der Waals surface area (Å²) in [4.78, 5) is 30.5. The van der Waals surface area contributed by atoms with E-state index in [1.165, 1.54) is 6.08 Å². The summed E-state index contributed by atoms with van der Waals surface area (Å²) < 4.78 is 4.99. The maximum absolute atomic E-state index is 12.0. The Labute approximate surface area is 141 Å². The number of nitrogens with zero attached hydrogens (tertiary/aromatic N) is 2. The van der Waals surface area contributed by atoms with Gasteiger partial charge in [-0.1, -0.05) is 37.3 Å². The van der Waals surface area contributed by atoms with Gasteiger partial charge in [0, 0.05) is 13.0 Å². The summed E-state index contributed by atoms with van der Waals surface area (Å²) in [6, 6.07) is 0. The van der Waals surface area contributed by atoms with Gasteiger partial charge in [0.2, 0.25) is 5.91 Å². The number of anilines is 1. The highest BCUT2D eigenvalue weighted by atomic mass is 32.1. The third-order valence-corrected chi connectivity index (χ3v) is 4.23. The molecule has 0 unspecified atom stereocenters. The van der Waals surface area contributed by atoms with Crippen molar-refractivity contribution in [2.45, 2.75) is 33.1 Å². The van der Waals surface area contributed by atoms with Crippen molar-refractivity contribution in [3.05, 3.63) is 23.2 Å². The van der Waals surface area contributed by atoms with Crippen molar-refractivity contribution in [2.75, 3.05) is 32.1 Å². The maximum Gasteiger partial charge on any atom is 0.350 e. The number of aryl methyl sites for hydroxylation is 1. The van der Waals surface area contributed by atoms with Crippen LogP contribution in [-0.4, -0.2) is 48.5 Å². The Kier molecular flexibility index (Phi) is 8.50. The molecule has 0 saturated heterocycles. The minimum absolute atomic E-state index is 0.104. The van der Waals surface area contributed by atoms with E-state index in [-0.39, 0.29) is 12.5 Å². The fraction of sp³-hybridized carbons (Fsp3) is 0.562. The molecule has 128 valence electrons. The third-order valence-electron chi connectivity index (χ3n) is 3.17. The van der Waals surface area contributed by atoms with Crippen LogP contribution in [0.15, 0.2) is 12.7 Å². The lowest BCUT2D eigenvalue weighted by molar-refractivity contribution is -0.116. The Morgan fingerprint density at radius 2 is 2.17 bits per heavy atom. The molecule has 0 saturated carbocycles. The molecular formula is C16H25N3O3S. The molecule has 1 aromatic rings. The maximum atomic E-state index is 12.0. The average molecular weight is 339 g/mol. The van der Waals surface area contributed by atoms with Gasteiger partial charge in [-0.3, -0.25) is 4.79 Å². The van der Waals surface area contributed by atoms with Gasteiger partial charge in [0.05, 0.1) is 5.69 Å². The van der Waals surface area contributed by atoms with Crippen molar-refractivity contribution in [1.82, 2.24) is 9.88 Å². The molecule has 6 nitrogen and oxygen atoms in total. The van der Waals surface area contributed by atoms with Crippen LogP contribution in [0.4, 0.5) is 5.13 Å². The van der Waals surface area contributed by atoms with Gasteiger partial charge >= 0.3 is 5.97 Å². The molecule has 1 heterocycles. The van der Waals surface area contributed by atoms with Crippen molar-refractivity contribution in [3.8, 4) is 0 Å². The highest BCUT2D eigenvalue weighted by Crippen LogP contribution is 2.23. The smallest absolute Gasteiger partial charge is 0.350 e. The van der Waals surface area contributed by atoms with Crippen LogP contribution in [0.2, 0.25) is 0 Å². The lowest BCUT2D eigenvalue weighted by atomic mass is 10.3. The molecule has 0 aromatic carbocycles. The second kappa shape index (κ2) is 10.1. The molecule has 0 aliphatic rings. The summed E-state index contributed by atoms with van der Waals surface area (Å²) in [5, 5.41) is 3.16. The van der Waals surface area contributed by atoms with Crippen LogP contribution in [0.25, 0.3) is 0 Å². The lowest BCUT2D eigenvalue weighted by Crippen LogP contribution is -2.25. The van der Waals surface area contributed by atoms with E-state index in [1.54, 1.807) is 6.92 Å². The second-order valence-corrected chi connectivity index (χ2v) is 6.27. The minimum atomic E-state index is -0.445. The first-order valence-corrected chi connectivity index (χ1v) is 8.53. The van der Waals surface area contributed by atoms with Crippen molar-refractivity contribution < 1.29 is 14.3 Å². The molecule has 7 heteroatoms. The Balaban J connectivity index is 2.49. The van der Waals surface area contributed by atoms with Gasteiger partial charge in [0.15, 0.2) is 5.13 Å². The van der Waals surface area contributed by atoms with Gasteiger partial charge in [-0.25, -0.2) is 9.78 Å².